The maximum Gasteiger partial charge on any atom is 0.271 e. The maximum atomic E-state index is 12.9. The van der Waals surface area contributed by atoms with Crippen LogP contribution in [0.2, 0.25) is 0 Å². The van der Waals surface area contributed by atoms with E-state index in [2.05, 4.69) is 9.71 Å². The molecule has 9 heteroatoms. The summed E-state index contributed by atoms with van der Waals surface area (Å²) >= 11 is 0. The van der Waals surface area contributed by atoms with Gasteiger partial charge in [0.25, 0.3) is 5.69 Å². The van der Waals surface area contributed by atoms with E-state index in [0.29, 0.717) is 23.5 Å². The van der Waals surface area contributed by atoms with Crippen LogP contribution in [-0.4, -0.2) is 18.3 Å². The summed E-state index contributed by atoms with van der Waals surface area (Å²) in [6, 6.07) is 12.7. The second-order valence-electron chi connectivity index (χ2n) is 7.20. The number of pyridine rings is 1. The van der Waals surface area contributed by atoms with Crippen LogP contribution in [0, 0.1) is 24.0 Å². The van der Waals surface area contributed by atoms with Gasteiger partial charge in [0.05, 0.1) is 9.82 Å². The molecule has 1 heterocycles. The van der Waals surface area contributed by atoms with Gasteiger partial charge < -0.3 is 4.74 Å². The van der Waals surface area contributed by atoms with E-state index in [4.69, 9.17) is 4.74 Å². The first-order valence-corrected chi connectivity index (χ1v) is 11.1. The number of aromatic nitrogens is 1. The van der Waals surface area contributed by atoms with Crippen molar-refractivity contribution in [2.75, 3.05) is 0 Å². The first kappa shape index (κ1) is 22.4. The molecule has 0 aliphatic carbocycles. The van der Waals surface area contributed by atoms with Gasteiger partial charge in [-0.3, -0.25) is 15.1 Å². The zero-order valence-electron chi connectivity index (χ0n) is 17.4. The highest BCUT2D eigenvalue weighted by Gasteiger charge is 2.24. The molecule has 3 rings (SSSR count). The van der Waals surface area contributed by atoms with E-state index in [9.17, 15) is 18.5 Å². The smallest absolute Gasteiger partial charge is 0.271 e. The lowest BCUT2D eigenvalue weighted by molar-refractivity contribution is -0.385. The molecule has 162 valence electrons. The largest absolute Gasteiger partial charge is 0.489 e. The molecule has 3 aromatic rings. The van der Waals surface area contributed by atoms with E-state index in [0.717, 1.165) is 17.2 Å². The van der Waals surface area contributed by atoms with Crippen LogP contribution in [0.15, 0.2) is 65.8 Å². The highest BCUT2D eigenvalue weighted by Crippen LogP contribution is 2.27. The number of hydrogen-bond acceptors (Lipinski definition) is 6. The third-order valence-corrected chi connectivity index (χ3v) is 6.61. The van der Waals surface area contributed by atoms with Crippen molar-refractivity contribution in [3.63, 3.8) is 0 Å². The molecule has 1 aromatic heterocycles. The van der Waals surface area contributed by atoms with Crippen molar-refractivity contribution in [2.45, 2.75) is 38.3 Å². The Bertz CT molecular complexity index is 1180. The molecule has 1 atom stereocenters. The Labute approximate surface area is 181 Å². The molecule has 0 aliphatic heterocycles. The Hall–Kier alpha value is -3.30. The molecular weight excluding hydrogens is 418 g/mol. The van der Waals surface area contributed by atoms with Gasteiger partial charge in [-0.25, -0.2) is 13.1 Å². The Morgan fingerprint density at radius 2 is 1.87 bits per heavy atom. The minimum absolute atomic E-state index is 0.0949. The summed E-state index contributed by atoms with van der Waals surface area (Å²) in [5, 5.41) is 11.1. The maximum absolute atomic E-state index is 12.9. The number of ether oxygens (including phenoxy) is 1. The van der Waals surface area contributed by atoms with Gasteiger partial charge in [0, 0.05) is 36.1 Å². The number of rotatable bonds is 8. The van der Waals surface area contributed by atoms with E-state index in [-0.39, 0.29) is 10.6 Å². The normalized spacial score (nSPS) is 12.4. The fourth-order valence-corrected chi connectivity index (χ4v) is 4.63. The zero-order chi connectivity index (χ0) is 22.6. The molecule has 0 saturated carbocycles. The number of nitro groups is 1. The molecule has 0 aliphatic rings. The van der Waals surface area contributed by atoms with Gasteiger partial charge in [-0.1, -0.05) is 18.2 Å². The van der Waals surface area contributed by atoms with Crippen molar-refractivity contribution in [2.24, 2.45) is 0 Å². The van der Waals surface area contributed by atoms with Gasteiger partial charge in [0.2, 0.25) is 10.0 Å². The summed E-state index contributed by atoms with van der Waals surface area (Å²) in [4.78, 5) is 14.5. The number of hydrogen-bond donors (Lipinski definition) is 1. The van der Waals surface area contributed by atoms with E-state index in [1.165, 1.54) is 6.07 Å². The number of nitrogens with zero attached hydrogens (tertiary/aromatic N) is 2. The van der Waals surface area contributed by atoms with Crippen LogP contribution in [0.1, 0.15) is 35.2 Å². The standard InChI is InChI=1S/C22H23N3O5S/c1-15-11-20(25(26)27)12-22(16(15)2)31(28,29)24-17(3)19-6-8-21(9-7-19)30-14-18-5-4-10-23-13-18/h4-13,17,24H,14H2,1-3H3. The summed E-state index contributed by atoms with van der Waals surface area (Å²) in [6.07, 6.45) is 3.42. The number of benzene rings is 2. The molecule has 8 nitrogen and oxygen atoms in total. The molecule has 0 radical (unpaired) electrons. The molecule has 1 N–H and O–H groups in total. The van der Waals surface area contributed by atoms with Crippen LogP contribution in [0.25, 0.3) is 0 Å². The third kappa shape index (κ3) is 5.44. The van der Waals surface area contributed by atoms with E-state index < -0.39 is 21.0 Å². The third-order valence-electron chi connectivity index (χ3n) is 4.95. The molecule has 0 saturated heterocycles. The minimum atomic E-state index is -3.97. The van der Waals surface area contributed by atoms with Crippen LogP contribution >= 0.6 is 0 Å². The first-order valence-electron chi connectivity index (χ1n) is 9.57. The Morgan fingerprint density at radius 3 is 2.48 bits per heavy atom. The first-order chi connectivity index (χ1) is 14.7. The summed E-state index contributed by atoms with van der Waals surface area (Å²) < 4.78 is 34.2. The molecule has 0 fully saturated rings. The number of non-ortho nitro benzene ring substituents is 1. The van der Waals surface area contributed by atoms with Crippen molar-refractivity contribution in [1.29, 1.82) is 0 Å². The van der Waals surface area contributed by atoms with Crippen molar-refractivity contribution in [3.05, 3.63) is 93.3 Å². The van der Waals surface area contributed by atoms with Crippen molar-refractivity contribution >= 4 is 15.7 Å². The van der Waals surface area contributed by atoms with Crippen molar-refractivity contribution in [1.82, 2.24) is 9.71 Å². The highest BCUT2D eigenvalue weighted by atomic mass is 32.2. The minimum Gasteiger partial charge on any atom is -0.489 e. The van der Waals surface area contributed by atoms with Crippen LogP contribution < -0.4 is 9.46 Å². The fraction of sp³-hybridized carbons (Fsp3) is 0.227. The predicted molar refractivity (Wildman–Crippen MR) is 116 cm³/mol. The van der Waals surface area contributed by atoms with Crippen molar-refractivity contribution < 1.29 is 18.1 Å². The van der Waals surface area contributed by atoms with E-state index in [1.54, 1.807) is 57.4 Å². The van der Waals surface area contributed by atoms with Crippen LogP contribution in [0.3, 0.4) is 0 Å². The molecular formula is C22H23N3O5S. The lowest BCUT2D eigenvalue weighted by atomic mass is 10.1. The van der Waals surface area contributed by atoms with Crippen molar-refractivity contribution in [3.8, 4) is 5.75 Å². The summed E-state index contributed by atoms with van der Waals surface area (Å²) in [5.41, 5.74) is 2.43. The molecule has 0 amide bonds. The van der Waals surface area contributed by atoms with Crippen LogP contribution in [0.5, 0.6) is 5.75 Å². The summed E-state index contributed by atoms with van der Waals surface area (Å²) in [5.74, 6) is 0.646. The number of aryl methyl sites for hydroxylation is 1. The number of nitro benzene ring substituents is 1. The van der Waals surface area contributed by atoms with Gasteiger partial charge in [0.15, 0.2) is 0 Å². The Balaban J connectivity index is 1.73. The van der Waals surface area contributed by atoms with Gasteiger partial charge in [-0.15, -0.1) is 0 Å². The second kappa shape index (κ2) is 9.23. The van der Waals surface area contributed by atoms with Gasteiger partial charge in [-0.2, -0.15) is 0 Å². The SMILES string of the molecule is Cc1cc([N+](=O)[O-])cc(S(=O)(=O)NC(C)c2ccc(OCc3cccnc3)cc2)c1C. The fourth-order valence-electron chi connectivity index (χ4n) is 3.06. The summed E-state index contributed by atoms with van der Waals surface area (Å²) in [7, 11) is -3.97. The monoisotopic (exact) mass is 441 g/mol. The molecule has 0 spiro atoms. The summed E-state index contributed by atoms with van der Waals surface area (Å²) in [6.45, 7) is 5.37. The molecule has 2 aromatic carbocycles. The number of nitrogens with one attached hydrogen (secondary N) is 1. The van der Waals surface area contributed by atoms with Crippen LogP contribution in [-0.2, 0) is 16.6 Å². The van der Waals surface area contributed by atoms with E-state index in [1.807, 2.05) is 12.1 Å². The highest BCUT2D eigenvalue weighted by molar-refractivity contribution is 7.89. The van der Waals surface area contributed by atoms with Gasteiger partial charge in [-0.05, 0) is 55.7 Å². The quantitative estimate of drug-likeness (QED) is 0.414. The Morgan fingerprint density at radius 1 is 1.16 bits per heavy atom. The zero-order valence-corrected chi connectivity index (χ0v) is 18.2. The average molecular weight is 442 g/mol. The Kier molecular flexibility index (Phi) is 6.67. The molecule has 1 unspecified atom stereocenters. The van der Waals surface area contributed by atoms with E-state index >= 15 is 0 Å². The second-order valence-corrected chi connectivity index (χ2v) is 8.89. The topological polar surface area (TPSA) is 111 Å². The molecule has 0 bridgehead atoms. The van der Waals surface area contributed by atoms with Crippen LogP contribution in [0.4, 0.5) is 5.69 Å². The number of sulfonamides is 1. The van der Waals surface area contributed by atoms with Gasteiger partial charge in [0.1, 0.15) is 12.4 Å². The average Bonchev–Trinajstić information content (AvgIpc) is 2.74. The lowest BCUT2D eigenvalue weighted by Gasteiger charge is -2.17. The lowest BCUT2D eigenvalue weighted by Crippen LogP contribution is -2.27. The van der Waals surface area contributed by atoms with Gasteiger partial charge >= 0.3 is 0 Å². The predicted octanol–water partition coefficient (Wildman–Crippen LogP) is 4.23. The molecule has 31 heavy (non-hydrogen) atoms.